The van der Waals surface area contributed by atoms with Crippen molar-refractivity contribution in [3.05, 3.63) is 30.3 Å². The molecule has 1 aromatic carbocycles. The molecule has 0 amide bonds. The monoisotopic (exact) mass is 254 g/mol. The maximum Gasteiger partial charge on any atom is 0.536 e. The van der Waals surface area contributed by atoms with Crippen molar-refractivity contribution >= 4 is 14.0 Å². The fourth-order valence-electron chi connectivity index (χ4n) is 1.53. The van der Waals surface area contributed by atoms with E-state index in [1.807, 2.05) is 30.3 Å². The maximum atomic E-state index is 5.96. The van der Waals surface area contributed by atoms with Gasteiger partial charge in [0.1, 0.15) is 0 Å². The Kier molecular flexibility index (Phi) is 5.84. The van der Waals surface area contributed by atoms with Crippen LogP contribution in [0.15, 0.2) is 30.3 Å². The quantitative estimate of drug-likeness (QED) is 0.698. The van der Waals surface area contributed by atoms with Gasteiger partial charge < -0.3 is 13.3 Å². The molecule has 0 aromatic heterocycles. The Bertz CT molecular complexity index is 312. The van der Waals surface area contributed by atoms with Crippen molar-refractivity contribution < 1.29 is 13.3 Å². The van der Waals surface area contributed by atoms with E-state index in [0.717, 1.165) is 11.6 Å². The van der Waals surface area contributed by atoms with E-state index in [1.54, 1.807) is 14.2 Å². The third kappa shape index (κ3) is 3.64. The second-order valence-corrected chi connectivity index (χ2v) is 6.95. The Labute approximate surface area is 105 Å². The third-order valence-corrected chi connectivity index (χ3v) is 5.58. The van der Waals surface area contributed by atoms with E-state index in [2.05, 4.69) is 13.8 Å². The highest BCUT2D eigenvalue weighted by Crippen LogP contribution is 2.11. The number of hydrogen-bond acceptors (Lipinski definition) is 3. The largest absolute Gasteiger partial charge is 0.536 e. The Hall–Kier alpha value is -0.683. The molecule has 1 unspecified atom stereocenters. The first-order chi connectivity index (χ1) is 8.18. The van der Waals surface area contributed by atoms with Crippen molar-refractivity contribution in [2.45, 2.75) is 20.3 Å². The minimum atomic E-state index is -2.70. The van der Waals surface area contributed by atoms with Gasteiger partial charge in [-0.15, -0.1) is 0 Å². The molecule has 1 aromatic rings. The molecular weight excluding hydrogens is 232 g/mol. The lowest BCUT2D eigenvalue weighted by Gasteiger charge is -2.27. The molecule has 4 heteroatoms. The standard InChI is InChI=1S/C13H22O3Si/c1-5-12(2)11-16-17(14-3,15-4)13-9-7-6-8-10-13/h6-10,12H,5,11H2,1-4H3. The fourth-order valence-corrected chi connectivity index (χ4v) is 3.68. The Balaban J connectivity index is 2.82. The molecule has 17 heavy (non-hydrogen) atoms. The van der Waals surface area contributed by atoms with Crippen LogP contribution >= 0.6 is 0 Å². The summed E-state index contributed by atoms with van der Waals surface area (Å²) in [5.74, 6) is 0.510. The first-order valence-electron chi connectivity index (χ1n) is 5.98. The van der Waals surface area contributed by atoms with Gasteiger partial charge in [-0.2, -0.15) is 0 Å². The summed E-state index contributed by atoms with van der Waals surface area (Å²) in [7, 11) is 0.606. The summed E-state index contributed by atoms with van der Waals surface area (Å²) >= 11 is 0. The Morgan fingerprint density at radius 1 is 1.12 bits per heavy atom. The zero-order chi connectivity index (χ0) is 12.7. The molecular formula is C13H22O3Si. The lowest BCUT2D eigenvalue weighted by molar-refractivity contribution is 0.0979. The molecule has 1 rings (SSSR count). The lowest BCUT2D eigenvalue weighted by Crippen LogP contribution is -2.55. The Morgan fingerprint density at radius 3 is 2.18 bits per heavy atom. The van der Waals surface area contributed by atoms with Crippen molar-refractivity contribution in [1.82, 2.24) is 0 Å². The smallest absolute Gasteiger partial charge is 0.373 e. The first kappa shape index (κ1) is 14.4. The van der Waals surface area contributed by atoms with Gasteiger partial charge in [0, 0.05) is 26.0 Å². The predicted molar refractivity (Wildman–Crippen MR) is 71.3 cm³/mol. The average molecular weight is 254 g/mol. The van der Waals surface area contributed by atoms with Gasteiger partial charge in [-0.25, -0.2) is 0 Å². The van der Waals surface area contributed by atoms with E-state index in [9.17, 15) is 0 Å². The van der Waals surface area contributed by atoms with Crippen molar-refractivity contribution in [3.8, 4) is 0 Å². The molecule has 1 atom stereocenters. The van der Waals surface area contributed by atoms with Crippen LogP contribution in [0.2, 0.25) is 0 Å². The summed E-state index contributed by atoms with van der Waals surface area (Å²) < 4.78 is 17.1. The minimum Gasteiger partial charge on any atom is -0.373 e. The Morgan fingerprint density at radius 2 is 1.71 bits per heavy atom. The summed E-state index contributed by atoms with van der Waals surface area (Å²) in [5, 5.41) is 1.01. The molecule has 0 aliphatic heterocycles. The van der Waals surface area contributed by atoms with Crippen LogP contribution in [0.3, 0.4) is 0 Å². The van der Waals surface area contributed by atoms with Crippen LogP contribution in [0.5, 0.6) is 0 Å². The normalized spacial score (nSPS) is 13.6. The van der Waals surface area contributed by atoms with E-state index in [1.165, 1.54) is 0 Å². The molecule has 0 fully saturated rings. The summed E-state index contributed by atoms with van der Waals surface area (Å²) in [6, 6.07) is 9.91. The molecule has 0 aliphatic rings. The molecule has 3 nitrogen and oxygen atoms in total. The van der Waals surface area contributed by atoms with Gasteiger partial charge in [-0.05, 0) is 5.92 Å². The van der Waals surface area contributed by atoms with Crippen molar-refractivity contribution in [2.24, 2.45) is 5.92 Å². The van der Waals surface area contributed by atoms with Gasteiger partial charge in [0.25, 0.3) is 0 Å². The lowest BCUT2D eigenvalue weighted by atomic mass is 10.1. The van der Waals surface area contributed by atoms with Gasteiger partial charge in [-0.3, -0.25) is 0 Å². The summed E-state index contributed by atoms with van der Waals surface area (Å²) in [6.07, 6.45) is 1.09. The van der Waals surface area contributed by atoms with Crippen LogP contribution in [-0.4, -0.2) is 29.6 Å². The summed E-state index contributed by atoms with van der Waals surface area (Å²) in [4.78, 5) is 0. The maximum absolute atomic E-state index is 5.96. The molecule has 0 aliphatic carbocycles. The minimum absolute atomic E-state index is 0.510. The fraction of sp³-hybridized carbons (Fsp3) is 0.538. The van der Waals surface area contributed by atoms with Gasteiger partial charge in [0.2, 0.25) is 0 Å². The zero-order valence-corrected chi connectivity index (χ0v) is 12.1. The molecule has 0 heterocycles. The highest BCUT2D eigenvalue weighted by Gasteiger charge is 2.41. The predicted octanol–water partition coefficient (Wildman–Crippen LogP) is 2.19. The molecule has 96 valence electrons. The first-order valence-corrected chi connectivity index (χ1v) is 7.70. The van der Waals surface area contributed by atoms with Gasteiger partial charge in [0.15, 0.2) is 0 Å². The molecule has 0 saturated carbocycles. The van der Waals surface area contributed by atoms with E-state index < -0.39 is 8.80 Å². The van der Waals surface area contributed by atoms with Crippen LogP contribution in [0.4, 0.5) is 0 Å². The van der Waals surface area contributed by atoms with Gasteiger partial charge >= 0.3 is 8.80 Å². The van der Waals surface area contributed by atoms with Crippen LogP contribution < -0.4 is 5.19 Å². The molecule has 0 spiro atoms. The number of rotatable bonds is 7. The van der Waals surface area contributed by atoms with E-state index in [-0.39, 0.29) is 0 Å². The highest BCUT2D eigenvalue weighted by atomic mass is 28.4. The molecule has 0 radical (unpaired) electrons. The SMILES string of the molecule is CCC(C)CO[Si](OC)(OC)c1ccccc1. The van der Waals surface area contributed by atoms with Crippen LogP contribution in [-0.2, 0) is 13.3 Å². The second kappa shape index (κ2) is 6.91. The average Bonchev–Trinajstić information content (AvgIpc) is 2.41. The third-order valence-electron chi connectivity index (χ3n) is 2.92. The molecule has 0 saturated heterocycles. The topological polar surface area (TPSA) is 27.7 Å². The van der Waals surface area contributed by atoms with E-state index in [0.29, 0.717) is 12.5 Å². The van der Waals surface area contributed by atoms with E-state index in [4.69, 9.17) is 13.3 Å². The molecule has 0 N–H and O–H groups in total. The number of hydrogen-bond donors (Lipinski definition) is 0. The van der Waals surface area contributed by atoms with Crippen LogP contribution in [0, 0.1) is 5.92 Å². The van der Waals surface area contributed by atoms with Crippen molar-refractivity contribution in [1.29, 1.82) is 0 Å². The number of benzene rings is 1. The second-order valence-electron chi connectivity index (χ2n) is 4.15. The summed E-state index contributed by atoms with van der Waals surface area (Å²) in [5.41, 5.74) is 0. The zero-order valence-electron chi connectivity index (χ0n) is 11.1. The molecule has 0 bridgehead atoms. The van der Waals surface area contributed by atoms with Crippen LogP contribution in [0.1, 0.15) is 20.3 Å². The van der Waals surface area contributed by atoms with Crippen molar-refractivity contribution in [3.63, 3.8) is 0 Å². The van der Waals surface area contributed by atoms with Crippen LogP contribution in [0.25, 0.3) is 0 Å². The van der Waals surface area contributed by atoms with Gasteiger partial charge in [-0.1, -0.05) is 50.6 Å². The highest BCUT2D eigenvalue weighted by molar-refractivity contribution is 6.75. The summed E-state index contributed by atoms with van der Waals surface area (Å²) in [6.45, 7) is 4.98. The van der Waals surface area contributed by atoms with Gasteiger partial charge in [0.05, 0.1) is 0 Å². The van der Waals surface area contributed by atoms with E-state index >= 15 is 0 Å². The van der Waals surface area contributed by atoms with Crippen molar-refractivity contribution in [2.75, 3.05) is 20.8 Å².